The Hall–Kier alpha value is -3.93. The third-order valence-electron chi connectivity index (χ3n) is 5.72. The van der Waals surface area contributed by atoms with E-state index in [9.17, 15) is 30.8 Å². The zero-order valence-electron chi connectivity index (χ0n) is 19.9. The minimum Gasteiger partial charge on any atom is -0.345 e. The average molecular weight is 535 g/mol. The van der Waals surface area contributed by atoms with Gasteiger partial charge in [0, 0.05) is 11.1 Å². The van der Waals surface area contributed by atoms with Crippen LogP contribution < -0.4 is 10.0 Å². The number of hydrogen-bond acceptors (Lipinski definition) is 4. The molecule has 1 aromatic heterocycles. The first-order chi connectivity index (χ1) is 17.2. The predicted molar refractivity (Wildman–Crippen MR) is 132 cm³/mol. The molecule has 4 aromatic rings. The monoisotopic (exact) mass is 534 g/mol. The second kappa shape index (κ2) is 9.51. The Morgan fingerprint density at radius 1 is 1.03 bits per heavy atom. The first-order valence-electron chi connectivity index (χ1n) is 11.0. The van der Waals surface area contributed by atoms with Crippen molar-refractivity contribution in [1.82, 2.24) is 15.1 Å². The molecule has 2 N–H and O–H groups in total. The molecular formula is C25H22F4N4O3S. The lowest BCUT2D eigenvalue weighted by Gasteiger charge is -2.18. The lowest BCUT2D eigenvalue weighted by atomic mass is 10.0. The third-order valence-corrected chi connectivity index (χ3v) is 6.31. The van der Waals surface area contributed by atoms with Crippen LogP contribution in [0.25, 0.3) is 16.5 Å². The fourth-order valence-corrected chi connectivity index (χ4v) is 4.55. The van der Waals surface area contributed by atoms with Gasteiger partial charge < -0.3 is 5.32 Å². The van der Waals surface area contributed by atoms with E-state index in [1.807, 2.05) is 0 Å². The lowest BCUT2D eigenvalue weighted by Crippen LogP contribution is -2.27. The number of rotatable bonds is 6. The molecule has 1 atom stereocenters. The molecule has 7 nitrogen and oxygen atoms in total. The summed E-state index contributed by atoms with van der Waals surface area (Å²) in [6.45, 7) is 3.21. The molecule has 0 radical (unpaired) electrons. The number of halogens is 4. The highest BCUT2D eigenvalue weighted by atomic mass is 32.2. The van der Waals surface area contributed by atoms with Crippen molar-refractivity contribution in [3.05, 3.63) is 89.0 Å². The highest BCUT2D eigenvalue weighted by molar-refractivity contribution is 7.92. The number of sulfonamides is 1. The second-order valence-corrected chi connectivity index (χ2v) is 10.4. The summed E-state index contributed by atoms with van der Waals surface area (Å²) < 4.78 is 80.4. The van der Waals surface area contributed by atoms with Crippen LogP contribution in [0, 0.1) is 12.7 Å². The number of benzene rings is 3. The molecule has 3 aromatic carbocycles. The molecule has 0 fully saturated rings. The summed E-state index contributed by atoms with van der Waals surface area (Å²) in [6.07, 6.45) is -2.53. The number of carbonyl (C=O) groups is 1. The molecule has 4 rings (SSSR count). The van der Waals surface area contributed by atoms with Crippen LogP contribution in [0.1, 0.15) is 40.1 Å². The van der Waals surface area contributed by atoms with E-state index < -0.39 is 39.7 Å². The van der Waals surface area contributed by atoms with Crippen molar-refractivity contribution in [2.75, 3.05) is 11.0 Å². The summed E-state index contributed by atoms with van der Waals surface area (Å²) in [5, 5.41) is 7.70. The topological polar surface area (TPSA) is 93.1 Å². The third kappa shape index (κ3) is 5.74. The van der Waals surface area contributed by atoms with Gasteiger partial charge in [0.25, 0.3) is 5.91 Å². The van der Waals surface area contributed by atoms with Crippen molar-refractivity contribution in [1.29, 1.82) is 0 Å². The SMILES string of the molecule is Cc1cc([C@@H](C)NC(=O)c2ccc3cc(-n4nccc4C(F)(F)F)ccc3c2)c(F)cc1NS(C)(=O)=O. The van der Waals surface area contributed by atoms with E-state index in [1.54, 1.807) is 32.0 Å². The highest BCUT2D eigenvalue weighted by Crippen LogP contribution is 2.31. The van der Waals surface area contributed by atoms with Gasteiger partial charge in [-0.1, -0.05) is 12.1 Å². The van der Waals surface area contributed by atoms with Crippen molar-refractivity contribution in [3.8, 4) is 5.69 Å². The molecule has 0 saturated heterocycles. The number of alkyl halides is 3. The van der Waals surface area contributed by atoms with Gasteiger partial charge in [-0.15, -0.1) is 0 Å². The van der Waals surface area contributed by atoms with Gasteiger partial charge in [-0.3, -0.25) is 9.52 Å². The van der Waals surface area contributed by atoms with Gasteiger partial charge >= 0.3 is 6.18 Å². The van der Waals surface area contributed by atoms with Crippen molar-refractivity contribution in [3.63, 3.8) is 0 Å². The van der Waals surface area contributed by atoms with Crippen LogP contribution in [0.15, 0.2) is 60.8 Å². The molecule has 194 valence electrons. The van der Waals surface area contributed by atoms with E-state index in [1.165, 1.54) is 24.3 Å². The number of amides is 1. The first-order valence-corrected chi connectivity index (χ1v) is 12.9. The number of fused-ring (bicyclic) bond motifs is 1. The number of nitrogens with zero attached hydrogens (tertiary/aromatic N) is 2. The maximum Gasteiger partial charge on any atom is 0.433 e. The number of anilines is 1. The van der Waals surface area contributed by atoms with Crippen LogP contribution in [0.5, 0.6) is 0 Å². The number of aromatic nitrogens is 2. The summed E-state index contributed by atoms with van der Waals surface area (Å²) in [6, 6.07) is 12.0. The zero-order chi connectivity index (χ0) is 27.1. The number of hydrogen-bond donors (Lipinski definition) is 2. The quantitative estimate of drug-likeness (QED) is 0.326. The number of aryl methyl sites for hydroxylation is 1. The Morgan fingerprint density at radius 2 is 1.70 bits per heavy atom. The van der Waals surface area contributed by atoms with Gasteiger partial charge in [0.15, 0.2) is 0 Å². The average Bonchev–Trinajstić information content (AvgIpc) is 3.30. The summed E-state index contributed by atoms with van der Waals surface area (Å²) in [5.41, 5.74) is 0.350. The smallest absolute Gasteiger partial charge is 0.345 e. The number of nitrogens with one attached hydrogen (secondary N) is 2. The summed E-state index contributed by atoms with van der Waals surface area (Å²) in [4.78, 5) is 12.9. The van der Waals surface area contributed by atoms with Gasteiger partial charge in [0.05, 0.1) is 29.9 Å². The standard InChI is InChI=1S/C25H22F4N4O3S/c1-14-10-20(21(26)13-22(14)32-37(3,35)36)15(2)31-24(34)18-5-4-17-12-19(7-6-16(17)11-18)33-23(8-9-30-33)25(27,28)29/h4-13,15,32H,1-3H3,(H,31,34)/t15-/m1/s1. The molecule has 1 heterocycles. The Kier molecular flexibility index (Phi) is 6.72. The lowest BCUT2D eigenvalue weighted by molar-refractivity contribution is -0.142. The van der Waals surface area contributed by atoms with Crippen LogP contribution in [0.4, 0.5) is 23.2 Å². The summed E-state index contributed by atoms with van der Waals surface area (Å²) in [7, 11) is -3.59. The van der Waals surface area contributed by atoms with Crippen molar-refractivity contribution >= 4 is 32.4 Å². The molecule has 0 spiro atoms. The van der Waals surface area contributed by atoms with E-state index in [2.05, 4.69) is 15.1 Å². The number of carbonyl (C=O) groups excluding carboxylic acids is 1. The maximum atomic E-state index is 14.7. The Labute approximate surface area is 210 Å². The van der Waals surface area contributed by atoms with Crippen molar-refractivity contribution < 1.29 is 30.8 Å². The van der Waals surface area contributed by atoms with E-state index >= 15 is 0 Å². The predicted octanol–water partition coefficient (Wildman–Crippen LogP) is 5.35. The van der Waals surface area contributed by atoms with E-state index in [0.717, 1.165) is 29.3 Å². The molecule has 37 heavy (non-hydrogen) atoms. The first kappa shape index (κ1) is 26.1. The van der Waals surface area contributed by atoms with E-state index in [4.69, 9.17) is 0 Å². The van der Waals surface area contributed by atoms with Crippen molar-refractivity contribution in [2.45, 2.75) is 26.1 Å². The molecule has 0 bridgehead atoms. The van der Waals surface area contributed by atoms with Gasteiger partial charge in [0.1, 0.15) is 11.5 Å². The molecule has 0 aliphatic rings. The van der Waals surface area contributed by atoms with Crippen LogP contribution in [-0.2, 0) is 16.2 Å². The molecule has 0 unspecified atom stereocenters. The van der Waals surface area contributed by atoms with Crippen LogP contribution >= 0.6 is 0 Å². The van der Waals surface area contributed by atoms with Crippen LogP contribution in [-0.4, -0.2) is 30.4 Å². The highest BCUT2D eigenvalue weighted by Gasteiger charge is 2.35. The zero-order valence-corrected chi connectivity index (χ0v) is 20.7. The summed E-state index contributed by atoms with van der Waals surface area (Å²) in [5.74, 6) is -1.17. The van der Waals surface area contributed by atoms with Crippen LogP contribution in [0.2, 0.25) is 0 Å². The molecule has 0 aliphatic carbocycles. The minimum atomic E-state index is -4.56. The molecular weight excluding hydrogens is 512 g/mol. The van der Waals surface area contributed by atoms with Gasteiger partial charge in [0.2, 0.25) is 10.0 Å². The molecule has 0 aliphatic heterocycles. The summed E-state index contributed by atoms with van der Waals surface area (Å²) >= 11 is 0. The van der Waals surface area contributed by atoms with Gasteiger partial charge in [-0.05, 0) is 72.6 Å². The van der Waals surface area contributed by atoms with E-state index in [0.29, 0.717) is 16.3 Å². The minimum absolute atomic E-state index is 0.105. The molecule has 12 heteroatoms. The fourth-order valence-electron chi connectivity index (χ4n) is 3.93. The van der Waals surface area contributed by atoms with Gasteiger partial charge in [-0.2, -0.15) is 18.3 Å². The molecule has 0 saturated carbocycles. The van der Waals surface area contributed by atoms with E-state index in [-0.39, 0.29) is 22.5 Å². The van der Waals surface area contributed by atoms with Crippen LogP contribution in [0.3, 0.4) is 0 Å². The molecule has 1 amide bonds. The van der Waals surface area contributed by atoms with Crippen molar-refractivity contribution in [2.24, 2.45) is 0 Å². The Balaban J connectivity index is 1.55. The Morgan fingerprint density at radius 3 is 2.38 bits per heavy atom. The van der Waals surface area contributed by atoms with Gasteiger partial charge in [-0.25, -0.2) is 17.5 Å². The normalized spacial score (nSPS) is 12.9. The fraction of sp³-hybridized carbons (Fsp3) is 0.200. The largest absolute Gasteiger partial charge is 0.433 e. The second-order valence-electron chi connectivity index (χ2n) is 8.63. The Bertz CT molecular complexity index is 1610. The maximum absolute atomic E-state index is 14.7.